The molecular formula is C10H7LiN2O2. The van der Waals surface area contributed by atoms with Gasteiger partial charge in [-0.05, 0) is 11.6 Å². The Morgan fingerprint density at radius 1 is 1.60 bits per heavy atom. The number of nitrogens with zero attached hydrogens (tertiary/aromatic N) is 2. The van der Waals surface area contributed by atoms with Gasteiger partial charge in [0.1, 0.15) is 5.65 Å². The van der Waals surface area contributed by atoms with Gasteiger partial charge < -0.3 is 14.3 Å². The summed E-state index contributed by atoms with van der Waals surface area (Å²) in [5, 5.41) is 10.8. The maximum absolute atomic E-state index is 10.8. The van der Waals surface area contributed by atoms with Crippen molar-refractivity contribution in [1.82, 2.24) is 9.38 Å². The molecular weight excluding hydrogens is 187 g/mol. The van der Waals surface area contributed by atoms with E-state index < -0.39 is 5.97 Å². The molecule has 15 heavy (non-hydrogen) atoms. The van der Waals surface area contributed by atoms with E-state index in [1.165, 1.54) is 12.3 Å². The summed E-state index contributed by atoms with van der Waals surface area (Å²) in [6.07, 6.45) is 6.54. The Hall–Kier alpha value is -1.50. The molecule has 0 saturated carbocycles. The molecule has 2 aromatic heterocycles. The fraction of sp³-hybridized carbons (Fsp3) is 0. The molecule has 2 heterocycles. The topological polar surface area (TPSA) is 57.4 Å². The molecule has 0 aliphatic carbocycles. The molecule has 0 fully saturated rings. The largest absolute Gasteiger partial charge is 1.00 e. The van der Waals surface area contributed by atoms with Crippen LogP contribution in [0.15, 0.2) is 31.2 Å². The van der Waals surface area contributed by atoms with Gasteiger partial charge >= 0.3 is 18.9 Å². The first-order valence-electron chi connectivity index (χ1n) is 4.03. The number of aromatic nitrogens is 2. The van der Waals surface area contributed by atoms with E-state index in [9.17, 15) is 9.90 Å². The number of carbonyl (C=O) groups is 1. The van der Waals surface area contributed by atoms with Crippen LogP contribution in [0.25, 0.3) is 11.7 Å². The van der Waals surface area contributed by atoms with Crippen LogP contribution in [0.5, 0.6) is 0 Å². The van der Waals surface area contributed by atoms with E-state index in [1.54, 1.807) is 22.9 Å². The summed E-state index contributed by atoms with van der Waals surface area (Å²) in [6, 6.07) is 1.49. The SMILES string of the molecule is C=Cc1cc(C(=O)[O-])c2nccn2c1.[Li+]. The number of hydrogen-bond acceptors (Lipinski definition) is 3. The third kappa shape index (κ3) is 1.96. The molecule has 70 valence electrons. The Balaban J connectivity index is 0.00000112. The number of carbonyl (C=O) groups excluding carboxylic acids is 1. The molecule has 0 radical (unpaired) electrons. The number of fused-ring (bicyclic) bond motifs is 1. The molecule has 4 nitrogen and oxygen atoms in total. The average Bonchev–Trinajstić information content (AvgIpc) is 2.63. The number of pyridine rings is 1. The predicted molar refractivity (Wildman–Crippen MR) is 49.6 cm³/mol. The summed E-state index contributed by atoms with van der Waals surface area (Å²) in [6.45, 7) is 3.58. The van der Waals surface area contributed by atoms with E-state index in [0.29, 0.717) is 5.65 Å². The van der Waals surface area contributed by atoms with Crippen molar-refractivity contribution >= 4 is 17.7 Å². The molecule has 0 N–H and O–H groups in total. The molecule has 0 spiro atoms. The van der Waals surface area contributed by atoms with Gasteiger partial charge in [-0.3, -0.25) is 0 Å². The number of aromatic carboxylic acids is 1. The van der Waals surface area contributed by atoms with Crippen molar-refractivity contribution in [2.75, 3.05) is 0 Å². The van der Waals surface area contributed by atoms with E-state index in [1.807, 2.05) is 0 Å². The van der Waals surface area contributed by atoms with Crippen LogP contribution >= 0.6 is 0 Å². The van der Waals surface area contributed by atoms with Crippen LogP contribution in [-0.4, -0.2) is 15.4 Å². The van der Waals surface area contributed by atoms with Gasteiger partial charge in [0.2, 0.25) is 0 Å². The van der Waals surface area contributed by atoms with E-state index in [0.717, 1.165) is 5.56 Å². The predicted octanol–water partition coefficient (Wildman–Crippen LogP) is -2.66. The molecule has 0 unspecified atom stereocenters. The van der Waals surface area contributed by atoms with Gasteiger partial charge in [0.05, 0.1) is 5.97 Å². The molecule has 5 heteroatoms. The smallest absolute Gasteiger partial charge is 0.545 e. The van der Waals surface area contributed by atoms with Crippen LogP contribution in [-0.2, 0) is 0 Å². The third-order valence-corrected chi connectivity index (χ3v) is 1.96. The quantitative estimate of drug-likeness (QED) is 0.490. The zero-order valence-corrected chi connectivity index (χ0v) is 8.30. The maximum Gasteiger partial charge on any atom is 1.00 e. The summed E-state index contributed by atoms with van der Waals surface area (Å²) in [4.78, 5) is 14.7. The third-order valence-electron chi connectivity index (χ3n) is 1.96. The van der Waals surface area contributed by atoms with Gasteiger partial charge in [-0.15, -0.1) is 0 Å². The van der Waals surface area contributed by atoms with E-state index in [2.05, 4.69) is 11.6 Å². The molecule has 0 aliphatic rings. The van der Waals surface area contributed by atoms with E-state index >= 15 is 0 Å². The summed E-state index contributed by atoms with van der Waals surface area (Å²) in [5.74, 6) is -1.23. The Morgan fingerprint density at radius 3 is 2.93 bits per heavy atom. The first kappa shape index (κ1) is 11.6. The Labute approximate surface area is 98.4 Å². The van der Waals surface area contributed by atoms with Crippen LogP contribution in [0.2, 0.25) is 0 Å². The van der Waals surface area contributed by atoms with Gasteiger partial charge in [-0.2, -0.15) is 0 Å². The van der Waals surface area contributed by atoms with E-state index in [-0.39, 0.29) is 24.4 Å². The monoisotopic (exact) mass is 194 g/mol. The van der Waals surface area contributed by atoms with Gasteiger partial charge in [0.15, 0.2) is 0 Å². The number of hydrogen-bond donors (Lipinski definition) is 0. The second-order valence-electron chi connectivity index (χ2n) is 2.84. The van der Waals surface area contributed by atoms with Crippen molar-refractivity contribution < 1.29 is 28.8 Å². The first-order valence-corrected chi connectivity index (χ1v) is 4.03. The number of carboxylic acid groups (broad SMARTS) is 1. The van der Waals surface area contributed by atoms with Crippen LogP contribution in [0.4, 0.5) is 0 Å². The van der Waals surface area contributed by atoms with Crippen molar-refractivity contribution in [2.24, 2.45) is 0 Å². The minimum Gasteiger partial charge on any atom is -0.545 e. The van der Waals surface area contributed by atoms with Gasteiger partial charge in [0.25, 0.3) is 0 Å². The molecule has 0 aliphatic heterocycles. The van der Waals surface area contributed by atoms with Gasteiger partial charge in [-0.25, -0.2) is 4.98 Å². The molecule has 0 bridgehead atoms. The summed E-state index contributed by atoms with van der Waals surface area (Å²) in [7, 11) is 0. The van der Waals surface area contributed by atoms with E-state index in [4.69, 9.17) is 0 Å². The summed E-state index contributed by atoms with van der Waals surface area (Å²) < 4.78 is 1.63. The fourth-order valence-corrected chi connectivity index (χ4v) is 1.32. The van der Waals surface area contributed by atoms with Crippen molar-refractivity contribution in [3.8, 4) is 0 Å². The van der Waals surface area contributed by atoms with Crippen LogP contribution in [0.1, 0.15) is 15.9 Å². The van der Waals surface area contributed by atoms with Gasteiger partial charge in [-0.1, -0.05) is 12.7 Å². The second-order valence-corrected chi connectivity index (χ2v) is 2.84. The molecule has 2 rings (SSSR count). The van der Waals surface area contributed by atoms with Crippen LogP contribution in [0.3, 0.4) is 0 Å². The first-order chi connectivity index (χ1) is 6.72. The Morgan fingerprint density at radius 2 is 2.33 bits per heavy atom. The fourth-order valence-electron chi connectivity index (χ4n) is 1.32. The maximum atomic E-state index is 10.8. The minimum absolute atomic E-state index is 0. The van der Waals surface area contributed by atoms with Crippen molar-refractivity contribution in [1.29, 1.82) is 0 Å². The zero-order valence-electron chi connectivity index (χ0n) is 8.30. The number of carboxylic acids is 1. The van der Waals surface area contributed by atoms with Crippen molar-refractivity contribution in [3.63, 3.8) is 0 Å². The molecule has 0 atom stereocenters. The minimum atomic E-state index is -1.23. The van der Waals surface area contributed by atoms with Crippen molar-refractivity contribution in [3.05, 3.63) is 42.4 Å². The molecule has 0 amide bonds. The molecule has 0 saturated heterocycles. The van der Waals surface area contributed by atoms with Crippen molar-refractivity contribution in [2.45, 2.75) is 0 Å². The normalized spacial score (nSPS) is 9.60. The Bertz CT molecular complexity index is 519. The Kier molecular flexibility index (Phi) is 3.35. The number of imidazole rings is 1. The van der Waals surface area contributed by atoms with Gasteiger partial charge in [0, 0.05) is 24.2 Å². The number of rotatable bonds is 2. The molecule has 2 aromatic rings. The van der Waals surface area contributed by atoms with Crippen LogP contribution in [0, 0.1) is 0 Å². The second kappa shape index (κ2) is 4.35. The summed E-state index contributed by atoms with van der Waals surface area (Å²) >= 11 is 0. The summed E-state index contributed by atoms with van der Waals surface area (Å²) in [5.41, 5.74) is 1.18. The zero-order chi connectivity index (χ0) is 10.1. The standard InChI is InChI=1S/C10H8N2O2.Li/c1-2-7-5-8(10(13)14)9-11-3-4-12(9)6-7;/h2-6H,1H2,(H,13,14);/q;+1/p-1. The average molecular weight is 194 g/mol. The molecule has 0 aromatic carbocycles. The van der Waals surface area contributed by atoms with Crippen LogP contribution < -0.4 is 24.0 Å².